The van der Waals surface area contributed by atoms with Crippen molar-refractivity contribution in [2.45, 2.75) is 13.8 Å². The predicted octanol–water partition coefficient (Wildman–Crippen LogP) is 2.88. The first kappa shape index (κ1) is 10.5. The lowest BCUT2D eigenvalue weighted by Gasteiger charge is -2.09. The third-order valence-corrected chi connectivity index (χ3v) is 2.70. The number of carbonyl (C=O) groups is 1. The normalized spacial score (nSPS) is 10.1. The molecule has 0 aliphatic rings. The van der Waals surface area contributed by atoms with E-state index in [9.17, 15) is 4.79 Å². The molecule has 82 valence electrons. The first-order chi connectivity index (χ1) is 7.68. The lowest BCUT2D eigenvalue weighted by molar-refractivity contribution is 0.102. The Bertz CT molecular complexity index is 501. The predicted molar refractivity (Wildman–Crippen MR) is 64.7 cm³/mol. The number of aromatic amines is 1. The molecule has 2 N–H and O–H groups in total. The van der Waals surface area contributed by atoms with Gasteiger partial charge in [-0.2, -0.15) is 0 Å². The number of hydrogen-bond acceptors (Lipinski definition) is 1. The van der Waals surface area contributed by atoms with Gasteiger partial charge in [-0.1, -0.05) is 12.1 Å². The van der Waals surface area contributed by atoms with Gasteiger partial charge in [0.25, 0.3) is 5.91 Å². The van der Waals surface area contributed by atoms with E-state index in [-0.39, 0.29) is 5.91 Å². The van der Waals surface area contributed by atoms with Crippen molar-refractivity contribution in [2.24, 2.45) is 0 Å². The maximum Gasteiger partial charge on any atom is 0.272 e. The number of anilines is 1. The molecule has 2 rings (SSSR count). The van der Waals surface area contributed by atoms with E-state index in [2.05, 4.69) is 10.3 Å². The Morgan fingerprint density at radius 1 is 1.19 bits per heavy atom. The van der Waals surface area contributed by atoms with Gasteiger partial charge in [0.2, 0.25) is 0 Å². The lowest BCUT2D eigenvalue weighted by atomic mass is 10.1. The summed E-state index contributed by atoms with van der Waals surface area (Å²) >= 11 is 0. The monoisotopic (exact) mass is 214 g/mol. The molecule has 0 saturated heterocycles. The van der Waals surface area contributed by atoms with Crippen molar-refractivity contribution >= 4 is 11.6 Å². The fourth-order valence-corrected chi connectivity index (χ4v) is 1.55. The molecule has 16 heavy (non-hydrogen) atoms. The summed E-state index contributed by atoms with van der Waals surface area (Å²) < 4.78 is 0. The molecule has 0 saturated carbocycles. The summed E-state index contributed by atoms with van der Waals surface area (Å²) in [4.78, 5) is 14.7. The maximum absolute atomic E-state index is 11.8. The van der Waals surface area contributed by atoms with Gasteiger partial charge in [-0.15, -0.1) is 0 Å². The Labute approximate surface area is 94.5 Å². The summed E-state index contributed by atoms with van der Waals surface area (Å²) in [5.41, 5.74) is 3.70. The number of aromatic nitrogens is 1. The number of carbonyl (C=O) groups excluding carboxylic acids is 1. The van der Waals surface area contributed by atoms with E-state index in [4.69, 9.17) is 0 Å². The zero-order chi connectivity index (χ0) is 11.5. The third-order valence-electron chi connectivity index (χ3n) is 2.70. The van der Waals surface area contributed by atoms with Crippen molar-refractivity contribution in [3.8, 4) is 0 Å². The van der Waals surface area contributed by atoms with Crippen molar-refractivity contribution in [1.82, 2.24) is 4.98 Å². The second-order valence-electron chi connectivity index (χ2n) is 3.79. The van der Waals surface area contributed by atoms with Crippen LogP contribution >= 0.6 is 0 Å². The second kappa shape index (κ2) is 4.23. The van der Waals surface area contributed by atoms with Gasteiger partial charge in [0.05, 0.1) is 0 Å². The number of aryl methyl sites for hydroxylation is 1. The van der Waals surface area contributed by atoms with Gasteiger partial charge < -0.3 is 10.3 Å². The molecule has 0 fully saturated rings. The number of amides is 1. The van der Waals surface area contributed by atoms with Crippen LogP contribution in [0.4, 0.5) is 5.69 Å². The molecule has 0 radical (unpaired) electrons. The number of benzene rings is 1. The van der Waals surface area contributed by atoms with Crippen LogP contribution in [-0.4, -0.2) is 10.9 Å². The minimum atomic E-state index is -0.112. The quantitative estimate of drug-likeness (QED) is 0.793. The van der Waals surface area contributed by atoms with E-state index < -0.39 is 0 Å². The zero-order valence-corrected chi connectivity index (χ0v) is 9.37. The smallest absolute Gasteiger partial charge is 0.272 e. The Kier molecular flexibility index (Phi) is 2.77. The van der Waals surface area contributed by atoms with Crippen molar-refractivity contribution < 1.29 is 4.79 Å². The largest absolute Gasteiger partial charge is 0.357 e. The molecule has 0 atom stereocenters. The number of hydrogen-bond donors (Lipinski definition) is 2. The van der Waals surface area contributed by atoms with Crippen LogP contribution in [0.3, 0.4) is 0 Å². The molecule has 1 amide bonds. The van der Waals surface area contributed by atoms with Crippen LogP contribution in [0.2, 0.25) is 0 Å². The third kappa shape index (κ3) is 1.98. The van der Waals surface area contributed by atoms with Gasteiger partial charge in [0.1, 0.15) is 5.69 Å². The fourth-order valence-electron chi connectivity index (χ4n) is 1.55. The number of nitrogens with one attached hydrogen (secondary N) is 2. The van der Waals surface area contributed by atoms with E-state index in [1.165, 1.54) is 5.56 Å². The van der Waals surface area contributed by atoms with Gasteiger partial charge in [-0.3, -0.25) is 4.79 Å². The Balaban J connectivity index is 2.22. The summed E-state index contributed by atoms with van der Waals surface area (Å²) in [6.45, 7) is 4.03. The van der Waals surface area contributed by atoms with Crippen LogP contribution in [0.15, 0.2) is 36.5 Å². The zero-order valence-electron chi connectivity index (χ0n) is 9.37. The first-order valence-corrected chi connectivity index (χ1v) is 5.19. The highest BCUT2D eigenvalue weighted by Crippen LogP contribution is 2.18. The first-order valence-electron chi connectivity index (χ1n) is 5.19. The van der Waals surface area contributed by atoms with Crippen molar-refractivity contribution in [2.75, 3.05) is 5.32 Å². The molecule has 1 aromatic carbocycles. The highest BCUT2D eigenvalue weighted by Gasteiger charge is 2.08. The average Bonchev–Trinajstić information content (AvgIpc) is 2.78. The van der Waals surface area contributed by atoms with Crippen LogP contribution in [-0.2, 0) is 0 Å². The summed E-state index contributed by atoms with van der Waals surface area (Å²) in [5.74, 6) is -0.112. The standard InChI is InChI=1S/C13H14N2O/c1-9-5-3-6-11(10(9)2)15-13(16)12-7-4-8-14-12/h3-8,14H,1-2H3,(H,15,16). The maximum atomic E-state index is 11.8. The van der Waals surface area contributed by atoms with Crippen LogP contribution in [0, 0.1) is 13.8 Å². The van der Waals surface area contributed by atoms with Gasteiger partial charge >= 0.3 is 0 Å². The minimum Gasteiger partial charge on any atom is -0.357 e. The summed E-state index contributed by atoms with van der Waals surface area (Å²) in [7, 11) is 0. The van der Waals surface area contributed by atoms with Crippen LogP contribution in [0.1, 0.15) is 21.6 Å². The van der Waals surface area contributed by atoms with Gasteiger partial charge in [0, 0.05) is 11.9 Å². The molecule has 0 aliphatic carbocycles. The molecule has 0 spiro atoms. The Morgan fingerprint density at radius 2 is 2.00 bits per heavy atom. The van der Waals surface area contributed by atoms with E-state index in [0.717, 1.165) is 11.3 Å². The molecule has 0 unspecified atom stereocenters. The highest BCUT2D eigenvalue weighted by atomic mass is 16.1. The van der Waals surface area contributed by atoms with Crippen LogP contribution in [0.5, 0.6) is 0 Å². The van der Waals surface area contributed by atoms with Gasteiger partial charge in [0.15, 0.2) is 0 Å². The van der Waals surface area contributed by atoms with Gasteiger partial charge in [-0.25, -0.2) is 0 Å². The second-order valence-corrected chi connectivity index (χ2v) is 3.79. The number of H-pyrrole nitrogens is 1. The van der Waals surface area contributed by atoms with E-state index in [1.807, 2.05) is 32.0 Å². The molecule has 0 aliphatic heterocycles. The minimum absolute atomic E-state index is 0.112. The lowest BCUT2D eigenvalue weighted by Crippen LogP contribution is -2.13. The summed E-state index contributed by atoms with van der Waals surface area (Å²) in [6, 6.07) is 9.42. The molecule has 3 heteroatoms. The van der Waals surface area contributed by atoms with Crippen LogP contribution < -0.4 is 5.32 Å². The van der Waals surface area contributed by atoms with E-state index >= 15 is 0 Å². The van der Waals surface area contributed by atoms with E-state index in [1.54, 1.807) is 18.3 Å². The van der Waals surface area contributed by atoms with Crippen LogP contribution in [0.25, 0.3) is 0 Å². The number of rotatable bonds is 2. The molecular formula is C13H14N2O. The Hall–Kier alpha value is -2.03. The average molecular weight is 214 g/mol. The highest BCUT2D eigenvalue weighted by molar-refractivity contribution is 6.03. The van der Waals surface area contributed by atoms with Crippen molar-refractivity contribution in [3.63, 3.8) is 0 Å². The molecular weight excluding hydrogens is 200 g/mol. The fraction of sp³-hybridized carbons (Fsp3) is 0.154. The van der Waals surface area contributed by atoms with Crippen molar-refractivity contribution in [3.05, 3.63) is 53.3 Å². The molecule has 3 nitrogen and oxygen atoms in total. The SMILES string of the molecule is Cc1cccc(NC(=O)c2ccc[nH]2)c1C. The van der Waals surface area contributed by atoms with Gasteiger partial charge in [-0.05, 0) is 43.2 Å². The molecule has 1 heterocycles. The van der Waals surface area contributed by atoms with Crippen molar-refractivity contribution in [1.29, 1.82) is 0 Å². The topological polar surface area (TPSA) is 44.9 Å². The van der Waals surface area contributed by atoms with E-state index in [0.29, 0.717) is 5.69 Å². The summed E-state index contributed by atoms with van der Waals surface area (Å²) in [6.07, 6.45) is 1.73. The molecule has 2 aromatic rings. The Morgan fingerprint density at radius 3 is 2.69 bits per heavy atom. The summed E-state index contributed by atoms with van der Waals surface area (Å²) in [5, 5.41) is 2.88. The molecule has 1 aromatic heterocycles. The molecule has 0 bridgehead atoms.